The highest BCUT2D eigenvalue weighted by molar-refractivity contribution is 6.18. The third kappa shape index (κ3) is 7.53. The van der Waals surface area contributed by atoms with Gasteiger partial charge in [-0.1, -0.05) is 0 Å². The first-order valence-electron chi connectivity index (χ1n) is 4.76. The van der Waals surface area contributed by atoms with E-state index in [-0.39, 0.29) is 12.5 Å². The molecule has 1 atom stereocenters. The Hall–Kier alpha value is 0.130. The van der Waals surface area contributed by atoms with Crippen molar-refractivity contribution in [2.45, 2.75) is 6.10 Å². The van der Waals surface area contributed by atoms with Gasteiger partial charge in [-0.15, -0.1) is 11.6 Å². The van der Waals surface area contributed by atoms with Crippen molar-refractivity contribution in [2.75, 3.05) is 52.9 Å². The maximum atomic E-state index is 9.37. The molecular weight excluding hydrogens is 206 g/mol. The van der Waals surface area contributed by atoms with Crippen LogP contribution in [-0.2, 0) is 4.74 Å². The fourth-order valence-electron chi connectivity index (χ4n) is 1.19. The largest absolute Gasteiger partial charge is 0.394 e. The van der Waals surface area contributed by atoms with Crippen LogP contribution < -0.4 is 0 Å². The molecule has 0 heterocycles. The lowest BCUT2D eigenvalue weighted by Gasteiger charge is -2.31. The molecule has 2 N–H and O–H groups in total. The van der Waals surface area contributed by atoms with E-state index in [1.54, 1.807) is 0 Å². The van der Waals surface area contributed by atoms with Gasteiger partial charge in [0.1, 0.15) is 19.2 Å². The summed E-state index contributed by atoms with van der Waals surface area (Å²) in [7, 11) is 4.02. The molecule has 4 nitrogen and oxygen atoms in total. The van der Waals surface area contributed by atoms with Crippen LogP contribution in [0.2, 0.25) is 0 Å². The standard InChI is InChI=1S/C9H21ClNO3/c1-11(2,8-9(13)7-10)3-5-14-6-4-12/h9,12-13H,3-8H2,1-2H3/q+1. The number of alkyl halides is 1. The molecule has 86 valence electrons. The van der Waals surface area contributed by atoms with Gasteiger partial charge >= 0.3 is 0 Å². The van der Waals surface area contributed by atoms with Crippen molar-refractivity contribution in [1.82, 2.24) is 0 Å². The Bertz CT molecular complexity index is 144. The molecule has 0 bridgehead atoms. The van der Waals surface area contributed by atoms with Crippen molar-refractivity contribution in [3.8, 4) is 0 Å². The van der Waals surface area contributed by atoms with Gasteiger partial charge in [0, 0.05) is 0 Å². The summed E-state index contributed by atoms with van der Waals surface area (Å²) < 4.78 is 5.82. The lowest BCUT2D eigenvalue weighted by Crippen LogP contribution is -2.47. The van der Waals surface area contributed by atoms with E-state index < -0.39 is 6.10 Å². The summed E-state index contributed by atoms with van der Waals surface area (Å²) in [6, 6.07) is 0. The average molecular weight is 227 g/mol. The molecule has 0 aliphatic rings. The minimum atomic E-state index is -0.468. The van der Waals surface area contributed by atoms with Crippen LogP contribution >= 0.6 is 11.6 Å². The molecule has 0 radical (unpaired) electrons. The smallest absolute Gasteiger partial charge is 0.116 e. The summed E-state index contributed by atoms with van der Waals surface area (Å²) in [4.78, 5) is 0. The Kier molecular flexibility index (Phi) is 7.49. The zero-order valence-corrected chi connectivity index (χ0v) is 9.70. The van der Waals surface area contributed by atoms with Crippen molar-refractivity contribution >= 4 is 11.6 Å². The van der Waals surface area contributed by atoms with Gasteiger partial charge in [-0.25, -0.2) is 0 Å². The van der Waals surface area contributed by atoms with Gasteiger partial charge in [-0.05, 0) is 0 Å². The third-order valence-electron chi connectivity index (χ3n) is 1.96. The topological polar surface area (TPSA) is 49.7 Å². The maximum Gasteiger partial charge on any atom is 0.116 e. The molecule has 0 aromatic rings. The SMILES string of the molecule is C[N+](C)(CCOCCO)CC(O)CCl. The number of quaternary nitrogens is 1. The number of rotatable bonds is 8. The van der Waals surface area contributed by atoms with Gasteiger partial charge in [-0.3, -0.25) is 0 Å². The van der Waals surface area contributed by atoms with Crippen molar-refractivity contribution in [3.63, 3.8) is 0 Å². The van der Waals surface area contributed by atoms with E-state index in [9.17, 15) is 5.11 Å². The van der Waals surface area contributed by atoms with E-state index in [2.05, 4.69) is 0 Å². The molecule has 14 heavy (non-hydrogen) atoms. The molecule has 0 aliphatic carbocycles. The van der Waals surface area contributed by atoms with Gasteiger partial charge < -0.3 is 19.4 Å². The monoisotopic (exact) mass is 226 g/mol. The predicted molar refractivity (Wildman–Crippen MR) is 56.5 cm³/mol. The number of nitrogens with zero attached hydrogens (tertiary/aromatic N) is 1. The predicted octanol–water partition coefficient (Wildman–Crippen LogP) is -0.329. The third-order valence-corrected chi connectivity index (χ3v) is 2.32. The Labute approximate surface area is 90.6 Å². The van der Waals surface area contributed by atoms with Gasteiger partial charge in [0.05, 0.1) is 39.8 Å². The Morgan fingerprint density at radius 3 is 2.50 bits per heavy atom. The maximum absolute atomic E-state index is 9.37. The van der Waals surface area contributed by atoms with Crippen LogP contribution in [0.25, 0.3) is 0 Å². The molecule has 0 aromatic carbocycles. The lowest BCUT2D eigenvalue weighted by atomic mass is 10.3. The summed E-state index contributed by atoms with van der Waals surface area (Å²) in [5.41, 5.74) is 0. The van der Waals surface area contributed by atoms with E-state index in [0.29, 0.717) is 24.2 Å². The average Bonchev–Trinajstić information content (AvgIpc) is 2.12. The minimum absolute atomic E-state index is 0.0533. The molecule has 0 spiro atoms. The molecule has 0 amide bonds. The van der Waals surface area contributed by atoms with Gasteiger partial charge in [0.15, 0.2) is 0 Å². The van der Waals surface area contributed by atoms with E-state index in [0.717, 1.165) is 6.54 Å². The normalized spacial score (nSPS) is 14.4. The fraction of sp³-hybridized carbons (Fsp3) is 1.00. The highest BCUT2D eigenvalue weighted by atomic mass is 35.5. The lowest BCUT2D eigenvalue weighted by molar-refractivity contribution is -0.893. The number of aliphatic hydroxyl groups excluding tert-OH is 2. The van der Waals surface area contributed by atoms with Crippen LogP contribution in [0.1, 0.15) is 0 Å². The number of halogens is 1. The summed E-state index contributed by atoms with van der Waals surface area (Å²) in [5.74, 6) is 0.263. The number of hydrogen-bond acceptors (Lipinski definition) is 3. The molecule has 1 unspecified atom stereocenters. The van der Waals surface area contributed by atoms with E-state index in [1.807, 2.05) is 14.1 Å². The number of hydrogen-bond donors (Lipinski definition) is 2. The van der Waals surface area contributed by atoms with E-state index in [4.69, 9.17) is 21.4 Å². The molecule has 5 heteroatoms. The van der Waals surface area contributed by atoms with Crippen molar-refractivity contribution in [1.29, 1.82) is 0 Å². The van der Waals surface area contributed by atoms with Crippen molar-refractivity contribution in [3.05, 3.63) is 0 Å². The molecule has 0 aromatic heterocycles. The van der Waals surface area contributed by atoms with Crippen LogP contribution in [-0.4, -0.2) is 73.7 Å². The molecule has 0 fully saturated rings. The Balaban J connectivity index is 3.60. The van der Waals surface area contributed by atoms with Gasteiger partial charge in [0.2, 0.25) is 0 Å². The van der Waals surface area contributed by atoms with E-state index >= 15 is 0 Å². The van der Waals surface area contributed by atoms with Crippen LogP contribution in [0.15, 0.2) is 0 Å². The fourth-order valence-corrected chi connectivity index (χ4v) is 1.29. The molecule has 0 saturated carbocycles. The van der Waals surface area contributed by atoms with Crippen LogP contribution in [0.5, 0.6) is 0 Å². The first-order valence-corrected chi connectivity index (χ1v) is 5.30. The second-order valence-electron chi connectivity index (χ2n) is 3.99. The first-order chi connectivity index (χ1) is 6.52. The van der Waals surface area contributed by atoms with Crippen molar-refractivity contribution in [2.24, 2.45) is 0 Å². The van der Waals surface area contributed by atoms with Crippen molar-refractivity contribution < 1.29 is 19.4 Å². The highest BCUT2D eigenvalue weighted by Crippen LogP contribution is 2.01. The number of aliphatic hydroxyl groups is 2. The summed E-state index contributed by atoms with van der Waals surface area (Å²) >= 11 is 5.52. The van der Waals surface area contributed by atoms with Crippen LogP contribution in [0, 0.1) is 0 Å². The first kappa shape index (κ1) is 14.1. The van der Waals surface area contributed by atoms with Gasteiger partial charge in [-0.2, -0.15) is 0 Å². The Morgan fingerprint density at radius 1 is 1.36 bits per heavy atom. The van der Waals surface area contributed by atoms with E-state index in [1.165, 1.54) is 0 Å². The zero-order valence-electron chi connectivity index (χ0n) is 8.95. The molecule has 0 rings (SSSR count). The molecular formula is C9H21ClNO3+. The minimum Gasteiger partial charge on any atom is -0.394 e. The number of ether oxygens (including phenoxy) is 1. The molecule has 0 saturated heterocycles. The summed E-state index contributed by atoms with van der Waals surface area (Å²) in [6.07, 6.45) is -0.468. The summed E-state index contributed by atoms with van der Waals surface area (Å²) in [5, 5.41) is 17.9. The van der Waals surface area contributed by atoms with Gasteiger partial charge in [0.25, 0.3) is 0 Å². The van der Waals surface area contributed by atoms with Crippen LogP contribution in [0.4, 0.5) is 0 Å². The second-order valence-corrected chi connectivity index (χ2v) is 4.29. The second kappa shape index (κ2) is 7.43. The summed E-state index contributed by atoms with van der Waals surface area (Å²) in [6.45, 7) is 2.43. The van der Waals surface area contributed by atoms with Crippen LogP contribution in [0.3, 0.4) is 0 Å². The molecule has 0 aliphatic heterocycles. The highest BCUT2D eigenvalue weighted by Gasteiger charge is 2.19. The number of likely N-dealkylation sites (N-methyl/N-ethyl adjacent to an activating group) is 1. The quantitative estimate of drug-likeness (QED) is 0.339. The Morgan fingerprint density at radius 2 is 2.00 bits per heavy atom. The zero-order chi connectivity index (χ0) is 11.0.